The average molecular weight is 444 g/mol. The number of imide groups is 1. The second-order valence-corrected chi connectivity index (χ2v) is 7.51. The number of para-hydroxylation sites is 2. The van der Waals surface area contributed by atoms with Gasteiger partial charge < -0.3 is 14.8 Å². The molecule has 0 radical (unpaired) electrons. The summed E-state index contributed by atoms with van der Waals surface area (Å²) in [6, 6.07) is 18.1. The van der Waals surface area contributed by atoms with Crippen LogP contribution in [0.3, 0.4) is 0 Å². The lowest BCUT2D eigenvalue weighted by Gasteiger charge is -2.15. The molecule has 0 fully saturated rings. The minimum absolute atomic E-state index is 0.129. The molecule has 2 heterocycles. The van der Waals surface area contributed by atoms with E-state index in [1.165, 1.54) is 4.90 Å². The number of rotatable bonds is 9. The van der Waals surface area contributed by atoms with Crippen LogP contribution < -0.4 is 14.8 Å². The van der Waals surface area contributed by atoms with Gasteiger partial charge in [-0.2, -0.15) is 0 Å². The first kappa shape index (κ1) is 22.1. The van der Waals surface area contributed by atoms with Crippen molar-refractivity contribution in [2.75, 3.05) is 19.0 Å². The molecule has 7 heteroatoms. The number of carbonyl (C=O) groups excluding carboxylic acids is 2. The van der Waals surface area contributed by atoms with Crippen molar-refractivity contribution in [3.63, 3.8) is 0 Å². The van der Waals surface area contributed by atoms with E-state index >= 15 is 0 Å². The molecule has 0 aliphatic carbocycles. The van der Waals surface area contributed by atoms with Gasteiger partial charge >= 0.3 is 0 Å². The fraction of sp³-hybridized carbons (Fsp3) is 0.192. The Morgan fingerprint density at radius 1 is 0.970 bits per heavy atom. The monoisotopic (exact) mass is 443 g/mol. The number of methoxy groups -OCH3 is 1. The van der Waals surface area contributed by atoms with Crippen LogP contribution in [0.15, 0.2) is 78.8 Å². The van der Waals surface area contributed by atoms with Crippen LogP contribution in [-0.4, -0.2) is 35.4 Å². The Bertz CT molecular complexity index is 1170. The lowest BCUT2D eigenvalue weighted by molar-refractivity contribution is -0.137. The maximum atomic E-state index is 13.5. The van der Waals surface area contributed by atoms with Crippen molar-refractivity contribution < 1.29 is 19.1 Å². The highest BCUT2D eigenvalue weighted by molar-refractivity contribution is 6.36. The SMILES string of the molecule is CCCOc1ccc(C2=C(Nc3ccccc3OC)C(=O)N(Cc3cccnc3)C2=O)cc1. The summed E-state index contributed by atoms with van der Waals surface area (Å²) in [6.45, 7) is 2.78. The molecule has 0 saturated carbocycles. The van der Waals surface area contributed by atoms with Crippen molar-refractivity contribution in [1.82, 2.24) is 9.88 Å². The van der Waals surface area contributed by atoms with Crippen LogP contribution in [-0.2, 0) is 16.1 Å². The van der Waals surface area contributed by atoms with E-state index in [1.807, 2.05) is 25.1 Å². The first-order valence-corrected chi connectivity index (χ1v) is 10.7. The summed E-state index contributed by atoms with van der Waals surface area (Å²) in [7, 11) is 1.56. The number of benzene rings is 2. The standard InChI is InChI=1S/C26H25N3O4/c1-3-15-33-20-12-10-19(11-13-20)23-24(28-21-8-4-5-9-22(21)32-2)26(31)29(25(23)30)17-18-7-6-14-27-16-18/h4-14,16,28H,3,15,17H2,1-2H3. The smallest absolute Gasteiger partial charge is 0.278 e. The second-order valence-electron chi connectivity index (χ2n) is 7.51. The first-order valence-electron chi connectivity index (χ1n) is 10.7. The van der Waals surface area contributed by atoms with Crippen molar-refractivity contribution in [3.8, 4) is 11.5 Å². The molecule has 7 nitrogen and oxygen atoms in total. The Hall–Kier alpha value is -4.13. The summed E-state index contributed by atoms with van der Waals surface area (Å²) in [6.07, 6.45) is 4.19. The van der Waals surface area contributed by atoms with Gasteiger partial charge in [-0.05, 0) is 47.9 Å². The molecule has 0 bridgehead atoms. The summed E-state index contributed by atoms with van der Waals surface area (Å²) >= 11 is 0. The van der Waals surface area contributed by atoms with Crippen molar-refractivity contribution in [1.29, 1.82) is 0 Å². The quantitative estimate of drug-likeness (QED) is 0.498. The first-order chi connectivity index (χ1) is 16.1. The van der Waals surface area contributed by atoms with Gasteiger partial charge in [-0.15, -0.1) is 0 Å². The summed E-state index contributed by atoms with van der Waals surface area (Å²) in [5.41, 5.74) is 2.50. The van der Waals surface area contributed by atoms with E-state index in [0.717, 1.165) is 12.0 Å². The molecule has 1 N–H and O–H groups in total. The van der Waals surface area contributed by atoms with Crippen LogP contribution in [0.1, 0.15) is 24.5 Å². The lowest BCUT2D eigenvalue weighted by atomic mass is 10.0. The minimum Gasteiger partial charge on any atom is -0.495 e. The maximum Gasteiger partial charge on any atom is 0.278 e. The number of carbonyl (C=O) groups is 2. The summed E-state index contributed by atoms with van der Waals surface area (Å²) < 4.78 is 11.1. The fourth-order valence-electron chi connectivity index (χ4n) is 3.60. The lowest BCUT2D eigenvalue weighted by Crippen LogP contribution is -2.32. The molecule has 0 atom stereocenters. The molecule has 1 aliphatic heterocycles. The third-order valence-electron chi connectivity index (χ3n) is 5.21. The van der Waals surface area contributed by atoms with Gasteiger partial charge in [0.1, 0.15) is 17.2 Å². The number of aromatic nitrogens is 1. The van der Waals surface area contributed by atoms with E-state index in [0.29, 0.717) is 34.9 Å². The van der Waals surface area contributed by atoms with E-state index < -0.39 is 5.91 Å². The third kappa shape index (κ3) is 4.72. The highest BCUT2D eigenvalue weighted by Gasteiger charge is 2.39. The Morgan fingerprint density at radius 2 is 1.76 bits per heavy atom. The van der Waals surface area contributed by atoms with Gasteiger partial charge in [0, 0.05) is 12.4 Å². The second kappa shape index (κ2) is 9.99. The predicted octanol–water partition coefficient (Wildman–Crippen LogP) is 4.27. The zero-order chi connectivity index (χ0) is 23.2. The molecule has 0 saturated heterocycles. The van der Waals surface area contributed by atoms with Crippen molar-refractivity contribution in [2.45, 2.75) is 19.9 Å². The summed E-state index contributed by atoms with van der Waals surface area (Å²) in [4.78, 5) is 32.2. The number of ether oxygens (including phenoxy) is 2. The van der Waals surface area contributed by atoms with Crippen molar-refractivity contribution in [3.05, 3.63) is 89.9 Å². The van der Waals surface area contributed by atoms with E-state index in [4.69, 9.17) is 9.47 Å². The van der Waals surface area contributed by atoms with Crippen LogP contribution in [0.5, 0.6) is 11.5 Å². The predicted molar refractivity (Wildman–Crippen MR) is 126 cm³/mol. The molecule has 168 valence electrons. The fourth-order valence-corrected chi connectivity index (χ4v) is 3.60. The van der Waals surface area contributed by atoms with Gasteiger partial charge in [-0.1, -0.05) is 37.3 Å². The molecule has 33 heavy (non-hydrogen) atoms. The highest BCUT2D eigenvalue weighted by atomic mass is 16.5. The zero-order valence-electron chi connectivity index (χ0n) is 18.6. The molecule has 1 aliphatic rings. The zero-order valence-corrected chi connectivity index (χ0v) is 18.6. The van der Waals surface area contributed by atoms with Crippen molar-refractivity contribution in [2.24, 2.45) is 0 Å². The van der Waals surface area contributed by atoms with Crippen molar-refractivity contribution >= 4 is 23.1 Å². The molecular weight excluding hydrogens is 418 g/mol. The maximum absolute atomic E-state index is 13.5. The number of nitrogens with zero attached hydrogens (tertiary/aromatic N) is 2. The van der Waals surface area contributed by atoms with Gasteiger partial charge in [-0.25, -0.2) is 0 Å². The normalized spacial score (nSPS) is 13.5. The van der Waals surface area contributed by atoms with Crippen LogP contribution in [0, 0.1) is 0 Å². The molecule has 1 aromatic heterocycles. The van der Waals surface area contributed by atoms with Crippen LogP contribution >= 0.6 is 0 Å². The summed E-state index contributed by atoms with van der Waals surface area (Å²) in [5, 5.41) is 3.15. The molecule has 4 rings (SSSR count). The number of nitrogens with one attached hydrogen (secondary N) is 1. The van der Waals surface area contributed by atoms with Crippen LogP contribution in [0.25, 0.3) is 5.57 Å². The van der Waals surface area contributed by atoms with Crippen LogP contribution in [0.4, 0.5) is 5.69 Å². The number of anilines is 1. The molecule has 3 aromatic rings. The topological polar surface area (TPSA) is 80.8 Å². The van der Waals surface area contributed by atoms with Gasteiger partial charge in [-0.3, -0.25) is 19.5 Å². The van der Waals surface area contributed by atoms with Gasteiger partial charge in [0.05, 0.1) is 31.5 Å². The summed E-state index contributed by atoms with van der Waals surface area (Å²) in [5.74, 6) is 0.502. The Morgan fingerprint density at radius 3 is 2.45 bits per heavy atom. The largest absolute Gasteiger partial charge is 0.495 e. The van der Waals surface area contributed by atoms with Crippen LogP contribution in [0.2, 0.25) is 0 Å². The number of pyridine rings is 1. The van der Waals surface area contributed by atoms with Gasteiger partial charge in [0.15, 0.2) is 0 Å². The van der Waals surface area contributed by atoms with E-state index in [2.05, 4.69) is 10.3 Å². The number of hydrogen-bond acceptors (Lipinski definition) is 6. The molecule has 2 aromatic carbocycles. The highest BCUT2D eigenvalue weighted by Crippen LogP contribution is 2.34. The van der Waals surface area contributed by atoms with E-state index in [1.54, 1.807) is 62.0 Å². The molecular formula is C26H25N3O4. The molecule has 2 amide bonds. The van der Waals surface area contributed by atoms with E-state index in [9.17, 15) is 9.59 Å². The Labute approximate surface area is 192 Å². The Kier molecular flexibility index (Phi) is 6.69. The minimum atomic E-state index is -0.406. The number of amides is 2. The molecule has 0 unspecified atom stereocenters. The van der Waals surface area contributed by atoms with Gasteiger partial charge in [0.2, 0.25) is 0 Å². The van der Waals surface area contributed by atoms with Gasteiger partial charge in [0.25, 0.3) is 11.8 Å². The Balaban J connectivity index is 1.72. The average Bonchev–Trinajstić information content (AvgIpc) is 3.08. The number of hydrogen-bond donors (Lipinski definition) is 1. The third-order valence-corrected chi connectivity index (χ3v) is 5.21. The van der Waals surface area contributed by atoms with E-state index in [-0.39, 0.29) is 18.1 Å². The molecule has 0 spiro atoms.